The molecule has 2 aliphatic heterocycles. The maximum Gasteiger partial charge on any atom is 0.0197 e. The van der Waals surface area contributed by atoms with Gasteiger partial charge in [-0.05, 0) is 56.7 Å². The normalized spacial score (nSPS) is 33.5. The highest BCUT2D eigenvalue weighted by molar-refractivity contribution is 4.85. The Balaban J connectivity index is 1.74. The van der Waals surface area contributed by atoms with Crippen LogP contribution in [0.25, 0.3) is 0 Å². The fourth-order valence-electron chi connectivity index (χ4n) is 3.55. The van der Waals surface area contributed by atoms with Crippen LogP contribution in [0.3, 0.4) is 0 Å². The van der Waals surface area contributed by atoms with E-state index in [0.717, 1.165) is 12.0 Å². The van der Waals surface area contributed by atoms with Crippen molar-refractivity contribution in [3.05, 3.63) is 0 Å². The first kappa shape index (κ1) is 14.3. The number of hydrogen-bond donors (Lipinski definition) is 1. The quantitative estimate of drug-likeness (QED) is 0.826. The second kappa shape index (κ2) is 6.38. The number of nitrogens with zero attached hydrogens (tertiary/aromatic N) is 1. The molecular formula is C16H32N2. The van der Waals surface area contributed by atoms with Gasteiger partial charge in [-0.2, -0.15) is 0 Å². The Morgan fingerprint density at radius 1 is 1.22 bits per heavy atom. The van der Waals surface area contributed by atoms with Gasteiger partial charge in [0.1, 0.15) is 0 Å². The first-order valence-electron chi connectivity index (χ1n) is 8.11. The summed E-state index contributed by atoms with van der Waals surface area (Å²) >= 11 is 0. The SMILES string of the molecule is CCC1CCNC(CN2CCC(C)(CC)CC2)C1. The number of hydrogen-bond acceptors (Lipinski definition) is 2. The highest BCUT2D eigenvalue weighted by Gasteiger charge is 2.30. The molecule has 0 amide bonds. The number of piperidine rings is 2. The maximum absolute atomic E-state index is 3.72. The second-order valence-electron chi connectivity index (χ2n) is 6.91. The van der Waals surface area contributed by atoms with Gasteiger partial charge in [-0.3, -0.25) is 0 Å². The average Bonchev–Trinajstić information content (AvgIpc) is 2.42. The van der Waals surface area contributed by atoms with Gasteiger partial charge in [-0.25, -0.2) is 0 Å². The highest BCUT2D eigenvalue weighted by atomic mass is 15.2. The summed E-state index contributed by atoms with van der Waals surface area (Å²) in [6.07, 6.45) is 8.30. The Morgan fingerprint density at radius 2 is 1.94 bits per heavy atom. The van der Waals surface area contributed by atoms with Crippen molar-refractivity contribution in [3.63, 3.8) is 0 Å². The third-order valence-corrected chi connectivity index (χ3v) is 5.58. The summed E-state index contributed by atoms with van der Waals surface area (Å²) < 4.78 is 0. The maximum atomic E-state index is 3.72. The largest absolute Gasteiger partial charge is 0.313 e. The Bertz CT molecular complexity index is 243. The van der Waals surface area contributed by atoms with E-state index in [0.29, 0.717) is 5.41 Å². The molecule has 106 valence electrons. The Kier molecular flexibility index (Phi) is 5.08. The van der Waals surface area contributed by atoms with Crippen LogP contribution in [-0.4, -0.2) is 37.1 Å². The Labute approximate surface area is 114 Å². The molecular weight excluding hydrogens is 220 g/mol. The Hall–Kier alpha value is -0.0800. The molecule has 18 heavy (non-hydrogen) atoms. The van der Waals surface area contributed by atoms with Gasteiger partial charge in [0.15, 0.2) is 0 Å². The lowest BCUT2D eigenvalue weighted by atomic mass is 9.78. The molecule has 0 aromatic heterocycles. The van der Waals surface area contributed by atoms with Gasteiger partial charge in [0.05, 0.1) is 0 Å². The van der Waals surface area contributed by atoms with E-state index in [1.807, 2.05) is 0 Å². The summed E-state index contributed by atoms with van der Waals surface area (Å²) in [5.74, 6) is 0.974. The molecule has 1 N–H and O–H groups in total. The number of nitrogens with one attached hydrogen (secondary N) is 1. The van der Waals surface area contributed by atoms with E-state index in [9.17, 15) is 0 Å². The molecule has 0 saturated carbocycles. The van der Waals surface area contributed by atoms with Crippen LogP contribution < -0.4 is 5.32 Å². The van der Waals surface area contributed by atoms with E-state index in [1.165, 1.54) is 64.7 Å². The van der Waals surface area contributed by atoms with Gasteiger partial charge in [0.2, 0.25) is 0 Å². The molecule has 0 spiro atoms. The van der Waals surface area contributed by atoms with Crippen LogP contribution in [0, 0.1) is 11.3 Å². The van der Waals surface area contributed by atoms with Gasteiger partial charge in [0.25, 0.3) is 0 Å². The van der Waals surface area contributed by atoms with Gasteiger partial charge in [-0.15, -0.1) is 0 Å². The second-order valence-corrected chi connectivity index (χ2v) is 6.91. The summed E-state index contributed by atoms with van der Waals surface area (Å²) in [7, 11) is 0. The molecule has 2 nitrogen and oxygen atoms in total. The van der Waals surface area contributed by atoms with E-state index in [1.54, 1.807) is 0 Å². The van der Waals surface area contributed by atoms with E-state index >= 15 is 0 Å². The van der Waals surface area contributed by atoms with Crippen molar-refractivity contribution in [2.75, 3.05) is 26.2 Å². The van der Waals surface area contributed by atoms with Crippen LogP contribution in [0.1, 0.15) is 59.3 Å². The molecule has 0 radical (unpaired) electrons. The van der Waals surface area contributed by atoms with Crippen LogP contribution in [0.2, 0.25) is 0 Å². The fraction of sp³-hybridized carbons (Fsp3) is 1.00. The smallest absolute Gasteiger partial charge is 0.0197 e. The van der Waals surface area contributed by atoms with Crippen LogP contribution in [0.15, 0.2) is 0 Å². The minimum atomic E-state index is 0.627. The summed E-state index contributed by atoms with van der Waals surface area (Å²) in [6.45, 7) is 12.3. The molecule has 0 aliphatic carbocycles. The molecule has 2 aliphatic rings. The van der Waals surface area contributed by atoms with Crippen LogP contribution >= 0.6 is 0 Å². The van der Waals surface area contributed by atoms with Crippen LogP contribution in [0.4, 0.5) is 0 Å². The summed E-state index contributed by atoms with van der Waals surface area (Å²) in [4.78, 5) is 2.70. The van der Waals surface area contributed by atoms with E-state index in [4.69, 9.17) is 0 Å². The third kappa shape index (κ3) is 3.71. The van der Waals surface area contributed by atoms with Gasteiger partial charge >= 0.3 is 0 Å². The lowest BCUT2D eigenvalue weighted by Crippen LogP contribution is -2.48. The topological polar surface area (TPSA) is 15.3 Å². The first-order chi connectivity index (χ1) is 8.65. The average molecular weight is 252 g/mol. The van der Waals surface area contributed by atoms with E-state index in [2.05, 4.69) is 31.0 Å². The van der Waals surface area contributed by atoms with Crippen LogP contribution in [0.5, 0.6) is 0 Å². The zero-order chi connectivity index (χ0) is 13.0. The zero-order valence-electron chi connectivity index (χ0n) is 12.7. The predicted molar refractivity (Wildman–Crippen MR) is 78.9 cm³/mol. The molecule has 2 rings (SSSR count). The zero-order valence-corrected chi connectivity index (χ0v) is 12.7. The lowest BCUT2D eigenvalue weighted by molar-refractivity contribution is 0.0983. The van der Waals surface area contributed by atoms with Crippen molar-refractivity contribution in [2.45, 2.75) is 65.3 Å². The third-order valence-electron chi connectivity index (χ3n) is 5.58. The molecule has 0 aromatic carbocycles. The van der Waals surface area contributed by atoms with E-state index < -0.39 is 0 Å². The molecule has 2 heteroatoms. The minimum absolute atomic E-state index is 0.627. The van der Waals surface area contributed by atoms with E-state index in [-0.39, 0.29) is 0 Å². The molecule has 2 atom stereocenters. The van der Waals surface area contributed by atoms with Crippen LogP contribution in [-0.2, 0) is 0 Å². The number of rotatable bonds is 4. The predicted octanol–water partition coefficient (Wildman–Crippen LogP) is 3.28. The summed E-state index contributed by atoms with van der Waals surface area (Å²) in [5, 5.41) is 3.72. The Morgan fingerprint density at radius 3 is 2.56 bits per heavy atom. The summed E-state index contributed by atoms with van der Waals surface area (Å²) in [5.41, 5.74) is 0.627. The fourth-order valence-corrected chi connectivity index (χ4v) is 3.55. The van der Waals surface area contributed by atoms with Crippen molar-refractivity contribution < 1.29 is 0 Å². The first-order valence-corrected chi connectivity index (χ1v) is 8.11. The molecule has 2 unspecified atom stereocenters. The van der Waals surface area contributed by atoms with Crippen molar-refractivity contribution >= 4 is 0 Å². The molecule has 2 heterocycles. The summed E-state index contributed by atoms with van der Waals surface area (Å²) in [6, 6.07) is 0.759. The van der Waals surface area contributed by atoms with Gasteiger partial charge in [0, 0.05) is 12.6 Å². The van der Waals surface area contributed by atoms with Gasteiger partial charge < -0.3 is 10.2 Å². The lowest BCUT2D eigenvalue weighted by Gasteiger charge is -2.41. The monoisotopic (exact) mass is 252 g/mol. The minimum Gasteiger partial charge on any atom is -0.313 e. The molecule has 0 aromatic rings. The van der Waals surface area contributed by atoms with Crippen molar-refractivity contribution in [3.8, 4) is 0 Å². The van der Waals surface area contributed by atoms with Crippen molar-refractivity contribution in [2.24, 2.45) is 11.3 Å². The van der Waals surface area contributed by atoms with Crippen molar-refractivity contribution in [1.29, 1.82) is 0 Å². The highest BCUT2D eigenvalue weighted by Crippen LogP contribution is 2.34. The molecule has 2 fully saturated rings. The number of likely N-dealkylation sites (tertiary alicyclic amines) is 1. The molecule has 2 saturated heterocycles. The molecule has 0 bridgehead atoms. The standard InChI is InChI=1S/C16H32N2/c1-4-14-6-9-17-15(12-14)13-18-10-7-16(3,5-2)8-11-18/h14-15,17H,4-13H2,1-3H3. The van der Waals surface area contributed by atoms with Crippen molar-refractivity contribution in [1.82, 2.24) is 10.2 Å². The van der Waals surface area contributed by atoms with Gasteiger partial charge in [-0.1, -0.05) is 33.6 Å².